The summed E-state index contributed by atoms with van der Waals surface area (Å²) in [7, 11) is 0. The lowest BCUT2D eigenvalue weighted by molar-refractivity contribution is -0.136. The summed E-state index contributed by atoms with van der Waals surface area (Å²) in [5.41, 5.74) is 0.910. The first kappa shape index (κ1) is 18.0. The first-order chi connectivity index (χ1) is 13.3. The number of carbonyl (C=O) groups excluding carboxylic acids is 1. The molecule has 142 valence electrons. The fourth-order valence-electron chi connectivity index (χ4n) is 3.84. The molecule has 0 unspecified atom stereocenters. The highest BCUT2D eigenvalue weighted by Gasteiger charge is 2.53. The molecule has 4 rings (SSSR count). The lowest BCUT2D eigenvalue weighted by atomic mass is 9.93. The number of pyridine rings is 1. The number of hydrogen-bond acceptors (Lipinski definition) is 4. The topological polar surface area (TPSA) is 51.7 Å². The Bertz CT molecular complexity index is 739. The van der Waals surface area contributed by atoms with Crippen molar-refractivity contribution >= 4 is 5.91 Å². The highest BCUT2D eigenvalue weighted by molar-refractivity contribution is 5.91. The fraction of sp³-hybridized carbons (Fsp3) is 0.455. The second-order valence-electron chi connectivity index (χ2n) is 7.35. The molecule has 27 heavy (non-hydrogen) atoms. The standard InChI is InChI=1S/C22H26N2O3/c25-21(22(10-11-22)18-5-2-1-3-6-18)24-13-8-19(9-14-24)26-15-16-27-20-7-4-12-23-17-20/h1-7,12,17,19H,8-11,13-16H2. The maximum Gasteiger partial charge on any atom is 0.233 e. The molecular weight excluding hydrogens is 340 g/mol. The SMILES string of the molecule is O=C(N1CCC(OCCOc2cccnc2)CC1)C1(c2ccccc2)CC1. The van der Waals surface area contributed by atoms with Gasteiger partial charge in [-0.25, -0.2) is 0 Å². The van der Waals surface area contributed by atoms with Crippen LogP contribution in [0, 0.1) is 0 Å². The number of benzene rings is 1. The van der Waals surface area contributed by atoms with Crippen LogP contribution in [0.5, 0.6) is 5.75 Å². The van der Waals surface area contributed by atoms with Gasteiger partial charge in [-0.05, 0) is 43.4 Å². The molecule has 1 saturated carbocycles. The smallest absolute Gasteiger partial charge is 0.233 e. The van der Waals surface area contributed by atoms with Crippen molar-refractivity contribution in [3.8, 4) is 5.75 Å². The lowest BCUT2D eigenvalue weighted by Crippen LogP contribution is -2.45. The quantitative estimate of drug-likeness (QED) is 0.706. The molecule has 1 aliphatic carbocycles. The normalized spacial score (nSPS) is 18.9. The lowest BCUT2D eigenvalue weighted by Gasteiger charge is -2.34. The third kappa shape index (κ3) is 4.14. The Labute approximate surface area is 160 Å². The molecule has 2 fully saturated rings. The molecule has 1 aliphatic heterocycles. The zero-order valence-electron chi connectivity index (χ0n) is 15.5. The maximum atomic E-state index is 13.1. The molecule has 0 bridgehead atoms. The van der Waals surface area contributed by atoms with E-state index in [0.717, 1.165) is 44.5 Å². The number of amides is 1. The van der Waals surface area contributed by atoms with Crippen molar-refractivity contribution in [2.75, 3.05) is 26.3 Å². The molecule has 2 aliphatic rings. The number of aromatic nitrogens is 1. The number of carbonyl (C=O) groups is 1. The second-order valence-corrected chi connectivity index (χ2v) is 7.35. The summed E-state index contributed by atoms with van der Waals surface area (Å²) in [4.78, 5) is 19.1. The number of hydrogen-bond donors (Lipinski definition) is 0. The molecule has 1 amide bonds. The van der Waals surface area contributed by atoms with Crippen LogP contribution < -0.4 is 4.74 Å². The molecule has 2 aromatic rings. The summed E-state index contributed by atoms with van der Waals surface area (Å²) < 4.78 is 11.5. The first-order valence-corrected chi connectivity index (χ1v) is 9.77. The van der Waals surface area contributed by atoms with E-state index in [1.54, 1.807) is 12.4 Å². The molecule has 1 aromatic carbocycles. The molecule has 0 atom stereocenters. The van der Waals surface area contributed by atoms with Crippen LogP contribution in [-0.2, 0) is 14.9 Å². The van der Waals surface area contributed by atoms with Gasteiger partial charge < -0.3 is 14.4 Å². The van der Waals surface area contributed by atoms with Crippen molar-refractivity contribution in [1.29, 1.82) is 0 Å². The van der Waals surface area contributed by atoms with Gasteiger partial charge in [0.1, 0.15) is 12.4 Å². The van der Waals surface area contributed by atoms with E-state index in [0.29, 0.717) is 19.1 Å². The van der Waals surface area contributed by atoms with E-state index in [-0.39, 0.29) is 11.5 Å². The number of rotatable bonds is 7. The first-order valence-electron chi connectivity index (χ1n) is 9.77. The molecule has 0 spiro atoms. The fourth-order valence-corrected chi connectivity index (χ4v) is 3.84. The Morgan fingerprint density at radius 3 is 2.52 bits per heavy atom. The van der Waals surface area contributed by atoms with E-state index >= 15 is 0 Å². The van der Waals surface area contributed by atoms with Gasteiger partial charge >= 0.3 is 0 Å². The van der Waals surface area contributed by atoms with Crippen LogP contribution in [0.15, 0.2) is 54.9 Å². The van der Waals surface area contributed by atoms with Gasteiger partial charge in [0.2, 0.25) is 5.91 Å². The summed E-state index contributed by atoms with van der Waals surface area (Å²) >= 11 is 0. The highest BCUT2D eigenvalue weighted by Crippen LogP contribution is 2.49. The van der Waals surface area contributed by atoms with Gasteiger partial charge in [0.15, 0.2) is 0 Å². The summed E-state index contributed by atoms with van der Waals surface area (Å²) in [6.07, 6.45) is 7.36. The van der Waals surface area contributed by atoms with Crippen LogP contribution in [0.4, 0.5) is 0 Å². The van der Waals surface area contributed by atoms with Crippen molar-refractivity contribution < 1.29 is 14.3 Å². The van der Waals surface area contributed by atoms with E-state index in [9.17, 15) is 4.79 Å². The molecule has 2 heterocycles. The Hall–Kier alpha value is -2.40. The number of likely N-dealkylation sites (tertiary alicyclic amines) is 1. The average Bonchev–Trinajstić information content (AvgIpc) is 3.55. The van der Waals surface area contributed by atoms with Crippen molar-refractivity contribution in [3.05, 3.63) is 60.4 Å². The van der Waals surface area contributed by atoms with Crippen LogP contribution in [0.25, 0.3) is 0 Å². The minimum absolute atomic E-state index is 0.207. The number of piperidine rings is 1. The van der Waals surface area contributed by atoms with Crippen LogP contribution in [0.2, 0.25) is 0 Å². The van der Waals surface area contributed by atoms with Crippen LogP contribution in [-0.4, -0.2) is 48.2 Å². The van der Waals surface area contributed by atoms with Gasteiger partial charge in [-0.2, -0.15) is 0 Å². The largest absolute Gasteiger partial charge is 0.490 e. The molecule has 5 nitrogen and oxygen atoms in total. The third-order valence-corrected chi connectivity index (χ3v) is 5.55. The number of ether oxygens (including phenoxy) is 2. The molecule has 0 N–H and O–H groups in total. The Balaban J connectivity index is 1.21. The van der Waals surface area contributed by atoms with E-state index in [2.05, 4.69) is 17.1 Å². The van der Waals surface area contributed by atoms with Crippen molar-refractivity contribution in [1.82, 2.24) is 9.88 Å². The molecule has 5 heteroatoms. The van der Waals surface area contributed by atoms with E-state index in [1.807, 2.05) is 35.2 Å². The summed E-state index contributed by atoms with van der Waals surface area (Å²) in [6, 6.07) is 14.0. The van der Waals surface area contributed by atoms with Gasteiger partial charge in [0.25, 0.3) is 0 Å². The second kappa shape index (κ2) is 8.09. The maximum absolute atomic E-state index is 13.1. The highest BCUT2D eigenvalue weighted by atomic mass is 16.5. The molecule has 1 saturated heterocycles. The van der Waals surface area contributed by atoms with E-state index in [1.165, 1.54) is 5.56 Å². The Kier molecular flexibility index (Phi) is 5.39. The zero-order valence-corrected chi connectivity index (χ0v) is 15.5. The Morgan fingerprint density at radius 1 is 1.07 bits per heavy atom. The van der Waals surface area contributed by atoms with Crippen molar-refractivity contribution in [2.24, 2.45) is 0 Å². The molecule has 1 aromatic heterocycles. The van der Waals surface area contributed by atoms with Crippen LogP contribution >= 0.6 is 0 Å². The number of nitrogens with zero attached hydrogens (tertiary/aromatic N) is 2. The predicted octanol–water partition coefficient (Wildman–Crippen LogP) is 3.20. The summed E-state index contributed by atoms with van der Waals surface area (Å²) in [5.74, 6) is 1.06. The van der Waals surface area contributed by atoms with Gasteiger partial charge in [-0.15, -0.1) is 0 Å². The zero-order chi connectivity index (χ0) is 18.5. The Morgan fingerprint density at radius 2 is 1.85 bits per heavy atom. The van der Waals surface area contributed by atoms with E-state index < -0.39 is 0 Å². The minimum Gasteiger partial charge on any atom is -0.490 e. The molecular formula is C22H26N2O3. The summed E-state index contributed by atoms with van der Waals surface area (Å²) in [5, 5.41) is 0. The predicted molar refractivity (Wildman–Crippen MR) is 103 cm³/mol. The third-order valence-electron chi connectivity index (χ3n) is 5.55. The average molecular weight is 366 g/mol. The van der Waals surface area contributed by atoms with Crippen molar-refractivity contribution in [2.45, 2.75) is 37.2 Å². The van der Waals surface area contributed by atoms with Crippen LogP contribution in [0.1, 0.15) is 31.2 Å². The molecule has 0 radical (unpaired) electrons. The summed E-state index contributed by atoms with van der Waals surface area (Å²) in [6.45, 7) is 2.63. The van der Waals surface area contributed by atoms with Gasteiger partial charge in [0, 0.05) is 19.3 Å². The van der Waals surface area contributed by atoms with Crippen LogP contribution in [0.3, 0.4) is 0 Å². The monoisotopic (exact) mass is 366 g/mol. The van der Waals surface area contributed by atoms with Gasteiger partial charge in [-0.3, -0.25) is 9.78 Å². The van der Waals surface area contributed by atoms with E-state index in [4.69, 9.17) is 9.47 Å². The minimum atomic E-state index is -0.257. The van der Waals surface area contributed by atoms with Gasteiger partial charge in [-0.1, -0.05) is 30.3 Å². The van der Waals surface area contributed by atoms with Gasteiger partial charge in [0.05, 0.1) is 24.3 Å². The van der Waals surface area contributed by atoms with Crippen molar-refractivity contribution in [3.63, 3.8) is 0 Å².